The highest BCUT2D eigenvalue weighted by Crippen LogP contribution is 2.22. The van der Waals surface area contributed by atoms with Gasteiger partial charge >= 0.3 is 0 Å². The molecule has 0 saturated carbocycles. The van der Waals surface area contributed by atoms with E-state index in [1.807, 2.05) is 12.1 Å². The highest BCUT2D eigenvalue weighted by atomic mass is 35.5. The molecule has 2 N–H and O–H groups in total. The molecule has 1 saturated heterocycles. The van der Waals surface area contributed by atoms with Gasteiger partial charge in [-0.1, -0.05) is 43.1 Å². The monoisotopic (exact) mass is 310 g/mol. The first-order chi connectivity index (χ1) is 10.1. The number of halogens is 1. The van der Waals surface area contributed by atoms with Crippen molar-refractivity contribution in [1.82, 2.24) is 10.2 Å². The van der Waals surface area contributed by atoms with E-state index in [-0.39, 0.29) is 18.5 Å². The molecule has 4 nitrogen and oxygen atoms in total. The minimum atomic E-state index is -0.777. The standard InChI is InChI=1S/C16H23ClN2O2/c1-2-19-10-6-5-9-14(19)16(21)18-11-15(20)12-7-3-4-8-13(12)17/h3-4,7-8,14-15,20H,2,5-6,9-11H2,1H3,(H,18,21). The Morgan fingerprint density at radius 1 is 1.48 bits per heavy atom. The van der Waals surface area contributed by atoms with Crippen LogP contribution in [0.5, 0.6) is 0 Å². The topological polar surface area (TPSA) is 52.6 Å². The molecule has 5 heteroatoms. The van der Waals surface area contributed by atoms with Crippen LogP contribution in [0.15, 0.2) is 24.3 Å². The maximum Gasteiger partial charge on any atom is 0.237 e. The maximum absolute atomic E-state index is 12.3. The summed E-state index contributed by atoms with van der Waals surface area (Å²) in [6.07, 6.45) is 2.35. The largest absolute Gasteiger partial charge is 0.387 e. The number of carbonyl (C=O) groups is 1. The molecule has 21 heavy (non-hydrogen) atoms. The number of hydrogen-bond acceptors (Lipinski definition) is 3. The molecule has 1 aromatic carbocycles. The summed E-state index contributed by atoms with van der Waals surface area (Å²) in [6.45, 7) is 4.12. The molecule has 2 rings (SSSR count). The molecule has 0 spiro atoms. The maximum atomic E-state index is 12.3. The summed E-state index contributed by atoms with van der Waals surface area (Å²) in [5.74, 6) is 0.00246. The highest BCUT2D eigenvalue weighted by molar-refractivity contribution is 6.31. The van der Waals surface area contributed by atoms with Crippen LogP contribution in [0.4, 0.5) is 0 Å². The first kappa shape index (κ1) is 16.3. The Kier molecular flexibility index (Phi) is 6.03. The number of aliphatic hydroxyl groups excluding tert-OH is 1. The molecular weight excluding hydrogens is 288 g/mol. The van der Waals surface area contributed by atoms with Crippen LogP contribution in [-0.2, 0) is 4.79 Å². The van der Waals surface area contributed by atoms with E-state index < -0.39 is 6.10 Å². The predicted molar refractivity (Wildman–Crippen MR) is 84.3 cm³/mol. The number of nitrogens with zero attached hydrogens (tertiary/aromatic N) is 1. The summed E-state index contributed by atoms with van der Waals surface area (Å²) in [6, 6.07) is 7.09. The van der Waals surface area contributed by atoms with E-state index in [1.165, 1.54) is 0 Å². The Hall–Kier alpha value is -1.10. The Morgan fingerprint density at radius 3 is 2.95 bits per heavy atom. The molecule has 0 radical (unpaired) electrons. The van der Waals surface area contributed by atoms with Crippen LogP contribution < -0.4 is 5.32 Å². The van der Waals surface area contributed by atoms with Crippen molar-refractivity contribution in [1.29, 1.82) is 0 Å². The molecule has 2 atom stereocenters. The molecule has 0 aliphatic carbocycles. The molecule has 0 bridgehead atoms. The van der Waals surface area contributed by atoms with E-state index >= 15 is 0 Å². The zero-order valence-electron chi connectivity index (χ0n) is 12.4. The van der Waals surface area contributed by atoms with E-state index in [0.717, 1.165) is 32.4 Å². The average Bonchev–Trinajstić information content (AvgIpc) is 2.52. The molecule has 116 valence electrons. The first-order valence-corrected chi connectivity index (χ1v) is 7.95. The van der Waals surface area contributed by atoms with Gasteiger partial charge in [0.2, 0.25) is 5.91 Å². The van der Waals surface area contributed by atoms with Gasteiger partial charge < -0.3 is 10.4 Å². The van der Waals surface area contributed by atoms with E-state index in [9.17, 15) is 9.90 Å². The lowest BCUT2D eigenvalue weighted by molar-refractivity contribution is -0.128. The number of hydrogen-bond donors (Lipinski definition) is 2. The van der Waals surface area contributed by atoms with Crippen LogP contribution in [0.1, 0.15) is 37.9 Å². The Morgan fingerprint density at radius 2 is 2.24 bits per heavy atom. The number of piperidine rings is 1. The molecular formula is C16H23ClN2O2. The van der Waals surface area contributed by atoms with Gasteiger partial charge in [0.1, 0.15) is 0 Å². The molecule has 1 aromatic rings. The summed E-state index contributed by atoms with van der Waals surface area (Å²) in [5, 5.41) is 13.5. The molecule has 1 fully saturated rings. The SMILES string of the molecule is CCN1CCCCC1C(=O)NCC(O)c1ccccc1Cl. The normalized spacial score (nSPS) is 21.0. The van der Waals surface area contributed by atoms with Crippen molar-refractivity contribution in [2.45, 2.75) is 38.3 Å². The van der Waals surface area contributed by atoms with Crippen molar-refractivity contribution in [3.63, 3.8) is 0 Å². The number of rotatable bonds is 5. The van der Waals surface area contributed by atoms with Crippen LogP contribution >= 0.6 is 11.6 Å². The molecule has 1 aliphatic rings. The lowest BCUT2D eigenvalue weighted by Gasteiger charge is -2.33. The summed E-state index contributed by atoms with van der Waals surface area (Å²) >= 11 is 6.05. The van der Waals surface area contributed by atoms with Gasteiger partial charge in [-0.2, -0.15) is 0 Å². The molecule has 1 heterocycles. The molecule has 1 aliphatic heterocycles. The van der Waals surface area contributed by atoms with Gasteiger partial charge in [-0.15, -0.1) is 0 Å². The van der Waals surface area contributed by atoms with Gasteiger partial charge in [0.15, 0.2) is 0 Å². The minimum Gasteiger partial charge on any atom is -0.387 e. The fourth-order valence-electron chi connectivity index (χ4n) is 2.84. The fourth-order valence-corrected chi connectivity index (χ4v) is 3.10. The Balaban J connectivity index is 1.90. The summed E-state index contributed by atoms with van der Waals surface area (Å²) < 4.78 is 0. The van der Waals surface area contributed by atoms with Crippen molar-refractivity contribution in [3.8, 4) is 0 Å². The van der Waals surface area contributed by atoms with Crippen molar-refractivity contribution in [3.05, 3.63) is 34.9 Å². The molecule has 0 aromatic heterocycles. The summed E-state index contributed by atoms with van der Waals surface area (Å²) in [7, 11) is 0. The van der Waals surface area contributed by atoms with E-state index in [1.54, 1.807) is 12.1 Å². The second kappa shape index (κ2) is 7.78. The lowest BCUT2D eigenvalue weighted by atomic mass is 10.0. The minimum absolute atomic E-state index is 0.00246. The van der Waals surface area contributed by atoms with Gasteiger partial charge in [-0.25, -0.2) is 0 Å². The van der Waals surface area contributed by atoms with Gasteiger partial charge in [-0.05, 0) is 32.0 Å². The van der Waals surface area contributed by atoms with Crippen molar-refractivity contribution in [2.75, 3.05) is 19.6 Å². The van der Waals surface area contributed by atoms with Crippen molar-refractivity contribution in [2.24, 2.45) is 0 Å². The van der Waals surface area contributed by atoms with Crippen molar-refractivity contribution >= 4 is 17.5 Å². The van der Waals surface area contributed by atoms with Crippen LogP contribution in [-0.4, -0.2) is 41.6 Å². The number of aliphatic hydroxyl groups is 1. The highest BCUT2D eigenvalue weighted by Gasteiger charge is 2.27. The number of benzene rings is 1. The van der Waals surface area contributed by atoms with Crippen LogP contribution in [0, 0.1) is 0 Å². The third-order valence-electron chi connectivity index (χ3n) is 4.06. The molecule has 2 unspecified atom stereocenters. The zero-order chi connectivity index (χ0) is 15.2. The fraction of sp³-hybridized carbons (Fsp3) is 0.562. The van der Waals surface area contributed by atoms with Crippen LogP contribution in [0.25, 0.3) is 0 Å². The number of amides is 1. The number of carbonyl (C=O) groups excluding carboxylic acids is 1. The summed E-state index contributed by atoms with van der Waals surface area (Å²) in [5.41, 5.74) is 0.649. The average molecular weight is 311 g/mol. The number of nitrogens with one attached hydrogen (secondary N) is 1. The summed E-state index contributed by atoms with van der Waals surface area (Å²) in [4.78, 5) is 14.5. The predicted octanol–water partition coefficient (Wildman–Crippen LogP) is 2.36. The van der Waals surface area contributed by atoms with Gasteiger partial charge in [0, 0.05) is 17.1 Å². The Bertz CT molecular complexity index is 481. The number of likely N-dealkylation sites (N-methyl/N-ethyl adjacent to an activating group) is 1. The third-order valence-corrected chi connectivity index (χ3v) is 4.40. The second-order valence-corrected chi connectivity index (χ2v) is 5.83. The van der Waals surface area contributed by atoms with Crippen molar-refractivity contribution < 1.29 is 9.90 Å². The lowest BCUT2D eigenvalue weighted by Crippen LogP contribution is -2.49. The zero-order valence-corrected chi connectivity index (χ0v) is 13.1. The Labute approximate surface area is 131 Å². The number of likely N-dealkylation sites (tertiary alicyclic amines) is 1. The van der Waals surface area contributed by atoms with Gasteiger partial charge in [-0.3, -0.25) is 9.69 Å². The second-order valence-electron chi connectivity index (χ2n) is 5.42. The van der Waals surface area contributed by atoms with E-state index in [4.69, 9.17) is 11.6 Å². The van der Waals surface area contributed by atoms with Gasteiger partial charge in [0.25, 0.3) is 0 Å². The third kappa shape index (κ3) is 4.19. The van der Waals surface area contributed by atoms with Crippen LogP contribution in [0.2, 0.25) is 5.02 Å². The van der Waals surface area contributed by atoms with Crippen LogP contribution in [0.3, 0.4) is 0 Å². The first-order valence-electron chi connectivity index (χ1n) is 7.57. The smallest absolute Gasteiger partial charge is 0.237 e. The van der Waals surface area contributed by atoms with Gasteiger partial charge in [0.05, 0.1) is 12.1 Å². The van der Waals surface area contributed by atoms with E-state index in [0.29, 0.717) is 10.6 Å². The quantitative estimate of drug-likeness (QED) is 0.878. The van der Waals surface area contributed by atoms with E-state index in [2.05, 4.69) is 17.1 Å². The molecule has 1 amide bonds.